The van der Waals surface area contributed by atoms with Gasteiger partial charge in [-0.1, -0.05) is 11.8 Å². The lowest BCUT2D eigenvalue weighted by Crippen LogP contribution is -2.02. The zero-order valence-corrected chi connectivity index (χ0v) is 7.60. The summed E-state index contributed by atoms with van der Waals surface area (Å²) in [6.07, 6.45) is 0. The van der Waals surface area contributed by atoms with E-state index in [-0.39, 0.29) is 0 Å². The van der Waals surface area contributed by atoms with Crippen LogP contribution in [0.4, 0.5) is 5.69 Å². The Bertz CT molecular complexity index is 231. The van der Waals surface area contributed by atoms with Gasteiger partial charge in [0.1, 0.15) is 0 Å². The molecule has 1 aromatic heterocycles. The van der Waals surface area contributed by atoms with Crippen LogP contribution in [0.3, 0.4) is 0 Å². The molecule has 0 aliphatic carbocycles. The molecule has 0 saturated heterocycles. The minimum Gasteiger partial charge on any atom is -0.372 e. The Labute approximate surface area is 68.8 Å². The van der Waals surface area contributed by atoms with Crippen LogP contribution in [0, 0.1) is 6.92 Å². The first kappa shape index (κ1) is 6.55. The normalized spacial score (nSPS) is 22.4. The van der Waals surface area contributed by atoms with E-state index in [0.29, 0.717) is 5.37 Å². The van der Waals surface area contributed by atoms with Crippen molar-refractivity contribution in [1.29, 1.82) is 0 Å². The van der Waals surface area contributed by atoms with Crippen molar-refractivity contribution in [2.75, 3.05) is 5.32 Å². The quantitative estimate of drug-likeness (QED) is 0.644. The third kappa shape index (κ3) is 0.935. The lowest BCUT2D eigenvalue weighted by molar-refractivity contribution is 1.15. The highest BCUT2D eigenvalue weighted by Crippen LogP contribution is 2.43. The predicted molar refractivity (Wildman–Crippen MR) is 48.0 cm³/mol. The summed E-state index contributed by atoms with van der Waals surface area (Å²) in [6.45, 7) is 4.34. The summed E-state index contributed by atoms with van der Waals surface area (Å²) < 4.78 is 1.45. The van der Waals surface area contributed by atoms with Crippen molar-refractivity contribution in [3.63, 3.8) is 0 Å². The fourth-order valence-corrected chi connectivity index (χ4v) is 3.56. The van der Waals surface area contributed by atoms with Gasteiger partial charge in [0.2, 0.25) is 0 Å². The van der Waals surface area contributed by atoms with E-state index in [0.717, 1.165) is 0 Å². The van der Waals surface area contributed by atoms with Crippen LogP contribution in [-0.4, -0.2) is 5.37 Å². The van der Waals surface area contributed by atoms with Crippen LogP contribution in [0.1, 0.15) is 11.8 Å². The second-order valence-electron chi connectivity index (χ2n) is 2.46. The molecule has 1 aliphatic heterocycles. The Morgan fingerprint density at radius 3 is 3.10 bits per heavy atom. The molecule has 10 heavy (non-hydrogen) atoms. The molecular formula is C7H9NS2. The molecular weight excluding hydrogens is 162 g/mol. The molecule has 54 valence electrons. The van der Waals surface area contributed by atoms with Crippen molar-refractivity contribution in [2.45, 2.75) is 23.4 Å². The molecule has 1 aromatic rings. The molecule has 0 aromatic carbocycles. The summed E-state index contributed by atoms with van der Waals surface area (Å²) in [4.78, 5) is 1.40. The van der Waals surface area contributed by atoms with E-state index in [2.05, 4.69) is 25.2 Å². The van der Waals surface area contributed by atoms with Crippen molar-refractivity contribution in [3.8, 4) is 0 Å². The van der Waals surface area contributed by atoms with Crippen LogP contribution in [0.25, 0.3) is 0 Å². The Morgan fingerprint density at radius 2 is 2.40 bits per heavy atom. The molecule has 2 heterocycles. The second kappa shape index (κ2) is 2.17. The van der Waals surface area contributed by atoms with E-state index in [4.69, 9.17) is 0 Å². The minimum absolute atomic E-state index is 0.571. The van der Waals surface area contributed by atoms with Gasteiger partial charge in [0.25, 0.3) is 0 Å². The van der Waals surface area contributed by atoms with E-state index in [1.165, 1.54) is 14.8 Å². The van der Waals surface area contributed by atoms with Gasteiger partial charge >= 0.3 is 0 Å². The lowest BCUT2D eigenvalue weighted by atomic mass is 10.4. The van der Waals surface area contributed by atoms with Gasteiger partial charge in [-0.25, -0.2) is 0 Å². The minimum atomic E-state index is 0.571. The molecule has 0 amide bonds. The van der Waals surface area contributed by atoms with E-state index in [1.54, 1.807) is 0 Å². The zero-order chi connectivity index (χ0) is 7.14. The van der Waals surface area contributed by atoms with Crippen molar-refractivity contribution in [1.82, 2.24) is 0 Å². The van der Waals surface area contributed by atoms with Crippen LogP contribution in [0.2, 0.25) is 0 Å². The van der Waals surface area contributed by atoms with Crippen LogP contribution < -0.4 is 5.32 Å². The lowest BCUT2D eigenvalue weighted by Gasteiger charge is -1.99. The number of thioether (sulfide) groups is 1. The summed E-state index contributed by atoms with van der Waals surface area (Å²) in [5, 5.41) is 3.96. The highest BCUT2D eigenvalue weighted by atomic mass is 32.2. The van der Waals surface area contributed by atoms with Crippen molar-refractivity contribution in [3.05, 3.63) is 10.9 Å². The fourth-order valence-electron chi connectivity index (χ4n) is 1.09. The van der Waals surface area contributed by atoms with E-state index < -0.39 is 0 Å². The molecule has 0 fully saturated rings. The van der Waals surface area contributed by atoms with Crippen LogP contribution in [0.15, 0.2) is 10.3 Å². The second-order valence-corrected chi connectivity index (χ2v) is 5.33. The first-order valence-corrected chi connectivity index (χ1v) is 4.99. The Hall–Kier alpha value is -0.150. The maximum atomic E-state index is 3.39. The number of aryl methyl sites for hydroxylation is 1. The van der Waals surface area contributed by atoms with Gasteiger partial charge in [-0.15, -0.1) is 11.3 Å². The summed E-state index contributed by atoms with van der Waals surface area (Å²) in [5.41, 5.74) is 1.33. The first-order chi connectivity index (χ1) is 4.75. The molecule has 1 aliphatic rings. The zero-order valence-electron chi connectivity index (χ0n) is 5.97. The Balaban J connectivity index is 2.39. The largest absolute Gasteiger partial charge is 0.372 e. The number of hydrogen-bond donors (Lipinski definition) is 1. The third-order valence-electron chi connectivity index (χ3n) is 1.46. The van der Waals surface area contributed by atoms with Crippen molar-refractivity contribution in [2.24, 2.45) is 0 Å². The molecule has 0 radical (unpaired) electrons. The monoisotopic (exact) mass is 171 g/mol. The van der Waals surface area contributed by atoms with Gasteiger partial charge in [-0.2, -0.15) is 0 Å². The van der Waals surface area contributed by atoms with Crippen molar-refractivity contribution < 1.29 is 0 Å². The average Bonchev–Trinajstić information content (AvgIpc) is 2.21. The highest BCUT2D eigenvalue weighted by Gasteiger charge is 2.18. The molecule has 3 heteroatoms. The van der Waals surface area contributed by atoms with Gasteiger partial charge in [0.05, 0.1) is 15.3 Å². The van der Waals surface area contributed by atoms with Gasteiger partial charge in [0, 0.05) is 4.88 Å². The number of fused-ring (bicyclic) bond motifs is 1. The molecule has 1 atom stereocenters. The molecule has 1 N–H and O–H groups in total. The fraction of sp³-hybridized carbons (Fsp3) is 0.429. The summed E-state index contributed by atoms with van der Waals surface area (Å²) >= 11 is 3.80. The first-order valence-electron chi connectivity index (χ1n) is 3.29. The van der Waals surface area contributed by atoms with Gasteiger partial charge < -0.3 is 5.32 Å². The van der Waals surface area contributed by atoms with Crippen LogP contribution >= 0.6 is 23.1 Å². The third-order valence-corrected chi connectivity index (χ3v) is 3.75. The van der Waals surface area contributed by atoms with Gasteiger partial charge in [0.15, 0.2) is 0 Å². The Kier molecular flexibility index (Phi) is 1.42. The molecule has 1 unspecified atom stereocenters. The number of anilines is 1. The average molecular weight is 171 g/mol. The van der Waals surface area contributed by atoms with E-state index >= 15 is 0 Å². The standard InChI is InChI=1S/C7H9NS2/c1-4-3-6-7(9-4)10-5(2)8-6/h3,5,8H,1-2H3. The molecule has 0 saturated carbocycles. The SMILES string of the molecule is Cc1cc2c(s1)SC(C)N2. The summed E-state index contributed by atoms with van der Waals surface area (Å²) in [5.74, 6) is 0. The predicted octanol–water partition coefficient (Wildman–Crippen LogP) is 2.92. The van der Waals surface area contributed by atoms with Gasteiger partial charge in [-0.3, -0.25) is 0 Å². The maximum absolute atomic E-state index is 3.39. The topological polar surface area (TPSA) is 12.0 Å². The van der Waals surface area contributed by atoms with Crippen molar-refractivity contribution >= 4 is 28.8 Å². The molecule has 0 spiro atoms. The summed E-state index contributed by atoms with van der Waals surface area (Å²) in [6, 6.07) is 2.22. The number of thiophene rings is 1. The Morgan fingerprint density at radius 1 is 1.60 bits per heavy atom. The van der Waals surface area contributed by atoms with Crippen LogP contribution in [-0.2, 0) is 0 Å². The molecule has 2 rings (SSSR count). The number of nitrogens with one attached hydrogen (secondary N) is 1. The maximum Gasteiger partial charge on any atom is 0.0853 e. The number of hydrogen-bond acceptors (Lipinski definition) is 3. The van der Waals surface area contributed by atoms with Gasteiger partial charge in [-0.05, 0) is 19.9 Å². The summed E-state index contributed by atoms with van der Waals surface area (Å²) in [7, 11) is 0. The molecule has 0 bridgehead atoms. The number of rotatable bonds is 0. The molecule has 1 nitrogen and oxygen atoms in total. The highest BCUT2D eigenvalue weighted by molar-refractivity contribution is 8.02. The van der Waals surface area contributed by atoms with Crippen LogP contribution in [0.5, 0.6) is 0 Å². The van der Waals surface area contributed by atoms with E-state index in [9.17, 15) is 0 Å². The smallest absolute Gasteiger partial charge is 0.0853 e. The van der Waals surface area contributed by atoms with E-state index in [1.807, 2.05) is 23.1 Å².